The van der Waals surface area contributed by atoms with E-state index in [1.807, 2.05) is 0 Å². The highest BCUT2D eigenvalue weighted by atomic mass is 16.3. The van der Waals surface area contributed by atoms with Crippen molar-refractivity contribution in [3.63, 3.8) is 0 Å². The summed E-state index contributed by atoms with van der Waals surface area (Å²) in [6, 6.07) is 46.2. The third kappa shape index (κ3) is 7.12. The molecule has 3 heterocycles. The number of anilines is 6. The number of furan rings is 1. The maximum absolute atomic E-state index is 7.43. The molecule has 8 aromatic rings. The molecule has 0 amide bonds. The van der Waals surface area contributed by atoms with Crippen LogP contribution in [-0.4, -0.2) is 6.71 Å². The van der Waals surface area contributed by atoms with Gasteiger partial charge in [0.2, 0.25) is 0 Å². The van der Waals surface area contributed by atoms with Crippen molar-refractivity contribution in [3.8, 4) is 11.1 Å². The first-order valence-electron chi connectivity index (χ1n) is 28.5. The van der Waals surface area contributed by atoms with E-state index in [4.69, 9.17) is 4.42 Å². The van der Waals surface area contributed by atoms with E-state index in [2.05, 4.69) is 236 Å². The Hall–Kier alpha value is -6.00. The molecule has 7 aromatic carbocycles. The van der Waals surface area contributed by atoms with E-state index in [0.29, 0.717) is 0 Å². The highest BCUT2D eigenvalue weighted by Gasteiger charge is 2.49. The molecule has 0 N–H and O–H groups in total. The molecule has 3 nitrogen and oxygen atoms in total. The van der Waals surface area contributed by atoms with Crippen molar-refractivity contribution in [3.05, 3.63) is 160 Å². The van der Waals surface area contributed by atoms with Crippen LogP contribution in [0.4, 0.5) is 34.1 Å². The molecule has 382 valence electrons. The molecule has 0 saturated carbocycles. The average Bonchev–Trinajstić information content (AvgIpc) is 3.78. The van der Waals surface area contributed by atoms with Crippen LogP contribution >= 0.6 is 0 Å². The van der Waals surface area contributed by atoms with Gasteiger partial charge in [-0.25, -0.2) is 0 Å². The van der Waals surface area contributed by atoms with Crippen LogP contribution < -0.4 is 26.2 Å². The van der Waals surface area contributed by atoms with Crippen molar-refractivity contribution in [1.29, 1.82) is 0 Å². The van der Waals surface area contributed by atoms with Crippen molar-refractivity contribution in [2.45, 2.75) is 187 Å². The molecule has 0 bridgehead atoms. The molecule has 0 unspecified atom stereocenters. The predicted octanol–water partition coefficient (Wildman–Crippen LogP) is 18.0. The normalized spacial score (nSPS) is 20.0. The first-order chi connectivity index (χ1) is 35.2. The van der Waals surface area contributed by atoms with Crippen molar-refractivity contribution in [1.82, 2.24) is 0 Å². The Bertz CT molecular complexity index is 3740. The van der Waals surface area contributed by atoms with Crippen LogP contribution in [0, 0.1) is 6.92 Å². The smallest absolute Gasteiger partial charge is 0.252 e. The first-order valence-corrected chi connectivity index (χ1v) is 28.5. The van der Waals surface area contributed by atoms with Crippen LogP contribution in [0.5, 0.6) is 0 Å². The molecule has 4 heteroatoms. The van der Waals surface area contributed by atoms with Gasteiger partial charge < -0.3 is 14.2 Å². The van der Waals surface area contributed by atoms with Gasteiger partial charge in [-0.1, -0.05) is 171 Å². The standard InChI is InChI=1S/C71H79BN2O/c1-42-34-50-53(70(13,14)32-30-67(50,7)8)40-57(42)74-60-36-44(43-20-18-17-19-21-43)35-59-62(60)72(55-26-24-47-48-37-45(65(2,3)4)22-27-61(48)75-64(47)63(55)74)56-39-52-54(71(15,16)33-31-69(52,11)12)41-58(56)73(59)46-23-25-49-51(38-46)68(9,10)29-28-66(49,5)6/h17-27,34-41H,28-33H2,1-16H3. The molecule has 3 aliphatic carbocycles. The zero-order valence-electron chi connectivity index (χ0n) is 48.1. The Balaban J connectivity index is 1.20. The van der Waals surface area contributed by atoms with Crippen LogP contribution in [0.15, 0.2) is 120 Å². The number of hydrogen-bond acceptors (Lipinski definition) is 3. The zero-order valence-corrected chi connectivity index (χ0v) is 48.1. The zero-order chi connectivity index (χ0) is 52.9. The number of hydrogen-bond donors (Lipinski definition) is 0. The van der Waals surface area contributed by atoms with Gasteiger partial charge in [0.15, 0.2) is 5.58 Å². The third-order valence-electron chi connectivity index (χ3n) is 20.1. The second-order valence-corrected chi connectivity index (χ2v) is 29.0. The molecular weight excluding hydrogens is 908 g/mol. The lowest BCUT2D eigenvalue weighted by atomic mass is 9.33. The summed E-state index contributed by atoms with van der Waals surface area (Å²) >= 11 is 0. The second kappa shape index (κ2) is 15.6. The van der Waals surface area contributed by atoms with E-state index in [1.165, 1.54) is 136 Å². The lowest BCUT2D eigenvalue weighted by Crippen LogP contribution is -2.62. The molecule has 0 atom stereocenters. The lowest BCUT2D eigenvalue weighted by Gasteiger charge is -2.48. The number of fused-ring (bicyclic) bond motifs is 11. The number of nitrogens with zero attached hydrogens (tertiary/aromatic N) is 2. The van der Waals surface area contributed by atoms with Gasteiger partial charge in [0.1, 0.15) is 5.58 Å². The minimum Gasteiger partial charge on any atom is -0.454 e. The number of benzene rings is 7. The van der Waals surface area contributed by atoms with E-state index in [1.54, 1.807) is 0 Å². The average molecular weight is 987 g/mol. The SMILES string of the molecule is Cc1cc2c(cc1N1c3cc(-c4ccccc4)cc4c3B(c3cc5c(cc3N4c3ccc4c(c3)C(C)(C)CCC4(C)C)C(C)(C)CCC5(C)C)c3ccc4c(oc5ccc(C(C)(C)C)cc54)c31)C(C)(C)CCC2(C)C. The van der Waals surface area contributed by atoms with E-state index in [0.717, 1.165) is 30.4 Å². The molecule has 5 aliphatic rings. The van der Waals surface area contributed by atoms with E-state index >= 15 is 0 Å². The molecule has 2 aliphatic heterocycles. The summed E-state index contributed by atoms with van der Waals surface area (Å²) < 4.78 is 7.43. The molecule has 0 radical (unpaired) electrons. The van der Waals surface area contributed by atoms with Gasteiger partial charge in [-0.2, -0.15) is 0 Å². The van der Waals surface area contributed by atoms with Crippen molar-refractivity contribution in [2.75, 3.05) is 9.80 Å². The van der Waals surface area contributed by atoms with Gasteiger partial charge >= 0.3 is 0 Å². The summed E-state index contributed by atoms with van der Waals surface area (Å²) in [7, 11) is 0. The Morgan fingerprint density at radius 2 is 0.973 bits per heavy atom. The van der Waals surface area contributed by atoms with Crippen molar-refractivity contribution in [2.24, 2.45) is 0 Å². The van der Waals surface area contributed by atoms with Crippen LogP contribution in [-0.2, 0) is 37.9 Å². The summed E-state index contributed by atoms with van der Waals surface area (Å²) in [6.45, 7) is 39.0. The molecule has 75 heavy (non-hydrogen) atoms. The number of aryl methyl sites for hydroxylation is 1. The Kier molecular flexibility index (Phi) is 10.1. The van der Waals surface area contributed by atoms with Crippen LogP contribution in [0.25, 0.3) is 33.1 Å². The maximum atomic E-state index is 7.43. The molecule has 13 rings (SSSR count). The van der Waals surface area contributed by atoms with Crippen molar-refractivity contribution >= 4 is 79.2 Å². The third-order valence-corrected chi connectivity index (χ3v) is 20.1. The highest BCUT2D eigenvalue weighted by Crippen LogP contribution is 2.56. The minimum atomic E-state index is -0.0625. The van der Waals surface area contributed by atoms with E-state index in [9.17, 15) is 0 Å². The van der Waals surface area contributed by atoms with Gasteiger partial charge in [0.25, 0.3) is 6.71 Å². The Morgan fingerprint density at radius 1 is 0.440 bits per heavy atom. The molecular formula is C71H79BN2O. The van der Waals surface area contributed by atoms with Gasteiger partial charge in [0.05, 0.1) is 5.69 Å². The number of rotatable bonds is 3. The lowest BCUT2D eigenvalue weighted by molar-refractivity contribution is 0.332. The summed E-state index contributed by atoms with van der Waals surface area (Å²) in [5, 5.41) is 2.35. The van der Waals surface area contributed by atoms with Crippen LogP contribution in [0.2, 0.25) is 0 Å². The largest absolute Gasteiger partial charge is 0.454 e. The summed E-state index contributed by atoms with van der Waals surface area (Å²) in [6.07, 6.45) is 6.99. The monoisotopic (exact) mass is 987 g/mol. The van der Waals surface area contributed by atoms with E-state index in [-0.39, 0.29) is 44.6 Å². The Morgan fingerprint density at radius 3 is 1.57 bits per heavy atom. The minimum absolute atomic E-state index is 0.00873. The topological polar surface area (TPSA) is 19.6 Å². The summed E-state index contributed by atoms with van der Waals surface area (Å²) in [4.78, 5) is 5.40. The molecule has 0 fully saturated rings. The van der Waals surface area contributed by atoms with Crippen LogP contribution in [0.1, 0.15) is 187 Å². The van der Waals surface area contributed by atoms with Crippen LogP contribution in [0.3, 0.4) is 0 Å². The fraction of sp³-hybridized carbons (Fsp3) is 0.408. The molecule has 0 spiro atoms. The molecule has 0 saturated heterocycles. The predicted molar refractivity (Wildman–Crippen MR) is 322 cm³/mol. The van der Waals surface area contributed by atoms with Gasteiger partial charge in [0, 0.05) is 39.2 Å². The molecule has 1 aromatic heterocycles. The van der Waals surface area contributed by atoms with Gasteiger partial charge in [-0.15, -0.1) is 0 Å². The highest BCUT2D eigenvalue weighted by molar-refractivity contribution is 7.00. The first kappa shape index (κ1) is 48.6. The quantitative estimate of drug-likeness (QED) is 0.165. The van der Waals surface area contributed by atoms with Crippen molar-refractivity contribution < 1.29 is 4.42 Å². The Labute approximate surface area is 449 Å². The fourth-order valence-electron chi connectivity index (χ4n) is 14.8. The van der Waals surface area contributed by atoms with E-state index < -0.39 is 0 Å². The summed E-state index contributed by atoms with van der Waals surface area (Å²) in [5.41, 5.74) is 27.6. The second-order valence-electron chi connectivity index (χ2n) is 29.0. The maximum Gasteiger partial charge on any atom is 0.252 e. The fourth-order valence-corrected chi connectivity index (χ4v) is 14.8. The van der Waals surface area contributed by atoms with Gasteiger partial charge in [-0.3, -0.25) is 0 Å². The summed E-state index contributed by atoms with van der Waals surface area (Å²) in [5.74, 6) is 0. The van der Waals surface area contributed by atoms with Gasteiger partial charge in [-0.05, 0) is 204 Å².